The molecule has 0 aliphatic rings. The van der Waals surface area contributed by atoms with Crippen LogP contribution < -0.4 is 5.32 Å². The van der Waals surface area contributed by atoms with Gasteiger partial charge in [0.25, 0.3) is 5.91 Å². The van der Waals surface area contributed by atoms with E-state index in [0.29, 0.717) is 5.56 Å². The number of alkyl halides is 3. The van der Waals surface area contributed by atoms with Gasteiger partial charge in [0.05, 0.1) is 12.2 Å². The Kier molecular flexibility index (Phi) is 5.29. The van der Waals surface area contributed by atoms with Crippen molar-refractivity contribution >= 4 is 5.91 Å². The average molecular weight is 279 g/mol. The molecule has 1 rings (SSSR count). The van der Waals surface area contributed by atoms with E-state index in [2.05, 4.69) is 10.1 Å². The van der Waals surface area contributed by atoms with Crippen molar-refractivity contribution < 1.29 is 27.1 Å². The summed E-state index contributed by atoms with van der Waals surface area (Å²) >= 11 is 0. The SMILES string of the molecule is Cc1ccc(C(=O)NCCOCC(F)(F)F)c(F)c1. The number of nitrogens with one attached hydrogen (secondary N) is 1. The maximum Gasteiger partial charge on any atom is 0.411 e. The topological polar surface area (TPSA) is 38.3 Å². The highest BCUT2D eigenvalue weighted by Gasteiger charge is 2.27. The van der Waals surface area contributed by atoms with E-state index in [0.717, 1.165) is 0 Å². The van der Waals surface area contributed by atoms with Gasteiger partial charge in [0.1, 0.15) is 12.4 Å². The van der Waals surface area contributed by atoms with Crippen LogP contribution in [0.15, 0.2) is 18.2 Å². The molecule has 0 heterocycles. The Morgan fingerprint density at radius 2 is 2.05 bits per heavy atom. The summed E-state index contributed by atoms with van der Waals surface area (Å²) in [7, 11) is 0. The molecule has 1 N–H and O–H groups in total. The fourth-order valence-corrected chi connectivity index (χ4v) is 1.32. The smallest absolute Gasteiger partial charge is 0.370 e. The zero-order chi connectivity index (χ0) is 14.5. The zero-order valence-corrected chi connectivity index (χ0v) is 10.2. The Morgan fingerprint density at radius 1 is 1.37 bits per heavy atom. The Bertz CT molecular complexity index is 446. The van der Waals surface area contributed by atoms with Crippen LogP contribution in [-0.2, 0) is 4.74 Å². The average Bonchev–Trinajstić information content (AvgIpc) is 2.26. The van der Waals surface area contributed by atoms with E-state index < -0.39 is 24.5 Å². The summed E-state index contributed by atoms with van der Waals surface area (Å²) in [6.07, 6.45) is -4.40. The van der Waals surface area contributed by atoms with Crippen LogP contribution in [-0.4, -0.2) is 31.8 Å². The predicted molar refractivity (Wildman–Crippen MR) is 60.3 cm³/mol. The minimum atomic E-state index is -4.40. The van der Waals surface area contributed by atoms with Crippen LogP contribution in [0.4, 0.5) is 17.6 Å². The molecule has 0 aromatic heterocycles. The van der Waals surface area contributed by atoms with E-state index in [9.17, 15) is 22.4 Å². The lowest BCUT2D eigenvalue weighted by atomic mass is 10.1. The summed E-state index contributed by atoms with van der Waals surface area (Å²) in [5.41, 5.74) is 0.518. The van der Waals surface area contributed by atoms with Gasteiger partial charge in [0.15, 0.2) is 0 Å². The molecule has 1 amide bonds. The number of amides is 1. The van der Waals surface area contributed by atoms with Crippen LogP contribution in [0.25, 0.3) is 0 Å². The maximum absolute atomic E-state index is 13.4. The molecule has 0 unspecified atom stereocenters. The number of carbonyl (C=O) groups is 1. The summed E-state index contributed by atoms with van der Waals surface area (Å²) in [6.45, 7) is -0.113. The second-order valence-corrected chi connectivity index (χ2v) is 3.91. The molecule has 0 aliphatic carbocycles. The van der Waals surface area contributed by atoms with Gasteiger partial charge in [-0.2, -0.15) is 13.2 Å². The van der Waals surface area contributed by atoms with Crippen molar-refractivity contribution in [3.05, 3.63) is 35.1 Å². The number of hydrogen-bond acceptors (Lipinski definition) is 2. The predicted octanol–water partition coefficient (Wildman–Crippen LogP) is 2.44. The lowest BCUT2D eigenvalue weighted by molar-refractivity contribution is -0.173. The highest BCUT2D eigenvalue weighted by molar-refractivity contribution is 5.94. The first kappa shape index (κ1) is 15.4. The molecule has 0 saturated carbocycles. The summed E-state index contributed by atoms with van der Waals surface area (Å²) in [4.78, 5) is 11.5. The maximum atomic E-state index is 13.4. The molecular weight excluding hydrogens is 266 g/mol. The highest BCUT2D eigenvalue weighted by Crippen LogP contribution is 2.14. The monoisotopic (exact) mass is 279 g/mol. The van der Waals surface area contributed by atoms with Crippen LogP contribution in [0.3, 0.4) is 0 Å². The van der Waals surface area contributed by atoms with E-state index in [1.54, 1.807) is 13.0 Å². The third kappa shape index (κ3) is 5.69. The summed E-state index contributed by atoms with van der Waals surface area (Å²) in [6, 6.07) is 4.09. The van der Waals surface area contributed by atoms with E-state index in [4.69, 9.17) is 0 Å². The van der Waals surface area contributed by atoms with Gasteiger partial charge in [0, 0.05) is 6.54 Å². The molecule has 0 aliphatic heterocycles. The summed E-state index contributed by atoms with van der Waals surface area (Å²) in [5.74, 6) is -1.36. The molecule has 0 radical (unpaired) electrons. The first-order valence-corrected chi connectivity index (χ1v) is 5.48. The number of ether oxygens (including phenoxy) is 1. The number of halogens is 4. The van der Waals surface area contributed by atoms with Crippen molar-refractivity contribution in [1.29, 1.82) is 0 Å². The quantitative estimate of drug-likeness (QED) is 0.664. The van der Waals surface area contributed by atoms with Gasteiger partial charge in [-0.1, -0.05) is 6.07 Å². The van der Waals surface area contributed by atoms with Crippen molar-refractivity contribution in [3.63, 3.8) is 0 Å². The first-order valence-electron chi connectivity index (χ1n) is 5.48. The zero-order valence-electron chi connectivity index (χ0n) is 10.2. The number of hydrogen-bond donors (Lipinski definition) is 1. The summed E-state index contributed by atoms with van der Waals surface area (Å²) < 4.78 is 52.9. The Morgan fingerprint density at radius 3 is 2.63 bits per heavy atom. The molecule has 1 aromatic carbocycles. The molecule has 3 nitrogen and oxygen atoms in total. The van der Waals surface area contributed by atoms with Crippen molar-refractivity contribution in [1.82, 2.24) is 5.32 Å². The van der Waals surface area contributed by atoms with E-state index >= 15 is 0 Å². The first-order chi connectivity index (χ1) is 8.79. The largest absolute Gasteiger partial charge is 0.411 e. The second kappa shape index (κ2) is 6.51. The van der Waals surface area contributed by atoms with Crippen molar-refractivity contribution in [2.45, 2.75) is 13.1 Å². The van der Waals surface area contributed by atoms with Gasteiger partial charge in [-0.3, -0.25) is 4.79 Å². The Labute approximate surface area is 107 Å². The molecule has 0 bridgehead atoms. The normalized spacial score (nSPS) is 11.4. The Balaban J connectivity index is 2.36. The number of rotatable bonds is 5. The van der Waals surface area contributed by atoms with Gasteiger partial charge < -0.3 is 10.1 Å². The molecule has 0 atom stereocenters. The van der Waals surface area contributed by atoms with Crippen LogP contribution in [0.2, 0.25) is 0 Å². The van der Waals surface area contributed by atoms with Crippen LogP contribution in [0, 0.1) is 12.7 Å². The van der Waals surface area contributed by atoms with Crippen LogP contribution in [0.1, 0.15) is 15.9 Å². The van der Waals surface area contributed by atoms with Gasteiger partial charge in [-0.25, -0.2) is 4.39 Å². The third-order valence-corrected chi connectivity index (χ3v) is 2.17. The fraction of sp³-hybridized carbons (Fsp3) is 0.417. The number of carbonyl (C=O) groups excluding carboxylic acids is 1. The number of benzene rings is 1. The lowest BCUT2D eigenvalue weighted by Crippen LogP contribution is -2.29. The van der Waals surface area contributed by atoms with Crippen molar-refractivity contribution in [2.24, 2.45) is 0 Å². The van der Waals surface area contributed by atoms with Crippen LogP contribution in [0.5, 0.6) is 0 Å². The standard InChI is InChI=1S/C12H13F4NO2/c1-8-2-3-9(10(13)6-8)11(18)17-4-5-19-7-12(14,15)16/h2-3,6H,4-5,7H2,1H3,(H,17,18). The van der Waals surface area contributed by atoms with Crippen molar-refractivity contribution in [2.75, 3.05) is 19.8 Å². The van der Waals surface area contributed by atoms with Gasteiger partial charge in [0.2, 0.25) is 0 Å². The third-order valence-electron chi connectivity index (χ3n) is 2.17. The molecule has 7 heteroatoms. The molecule has 19 heavy (non-hydrogen) atoms. The lowest BCUT2D eigenvalue weighted by Gasteiger charge is -2.09. The van der Waals surface area contributed by atoms with Crippen molar-refractivity contribution in [3.8, 4) is 0 Å². The van der Waals surface area contributed by atoms with Gasteiger partial charge in [-0.05, 0) is 24.6 Å². The van der Waals surface area contributed by atoms with E-state index in [1.165, 1.54) is 12.1 Å². The number of aryl methyl sites for hydroxylation is 1. The molecule has 0 spiro atoms. The molecule has 0 fully saturated rings. The van der Waals surface area contributed by atoms with Gasteiger partial charge in [-0.15, -0.1) is 0 Å². The fourth-order valence-electron chi connectivity index (χ4n) is 1.32. The molecule has 0 saturated heterocycles. The minimum absolute atomic E-state index is 0.123. The van der Waals surface area contributed by atoms with Crippen LogP contribution >= 0.6 is 0 Å². The van der Waals surface area contributed by atoms with Gasteiger partial charge >= 0.3 is 6.18 Å². The van der Waals surface area contributed by atoms with E-state index in [-0.39, 0.29) is 18.7 Å². The minimum Gasteiger partial charge on any atom is -0.370 e. The second-order valence-electron chi connectivity index (χ2n) is 3.91. The molecular formula is C12H13F4NO2. The van der Waals surface area contributed by atoms with E-state index in [1.807, 2.05) is 0 Å². The molecule has 106 valence electrons. The summed E-state index contributed by atoms with van der Waals surface area (Å²) in [5, 5.41) is 2.27. The molecule has 1 aromatic rings. The Hall–Kier alpha value is -1.63. The highest BCUT2D eigenvalue weighted by atomic mass is 19.4.